The number of hydrogen-bond donors (Lipinski definition) is 1. The van der Waals surface area contributed by atoms with Crippen LogP contribution in [0, 0.1) is 13.8 Å². The molecule has 0 aromatic carbocycles. The maximum absolute atomic E-state index is 4.71. The molecule has 5 heteroatoms. The normalized spacial score (nSPS) is 15.8. The third-order valence-corrected chi connectivity index (χ3v) is 4.38. The van der Waals surface area contributed by atoms with Crippen molar-refractivity contribution < 1.29 is 0 Å². The Morgan fingerprint density at radius 2 is 2.00 bits per heavy atom. The van der Waals surface area contributed by atoms with Gasteiger partial charge in [0.05, 0.1) is 17.4 Å². The molecular formula is C16H25N5. The van der Waals surface area contributed by atoms with Crippen LogP contribution in [0.15, 0.2) is 12.3 Å². The third kappa shape index (κ3) is 2.96. The number of nitrogens with zero attached hydrogens (tertiary/aromatic N) is 4. The summed E-state index contributed by atoms with van der Waals surface area (Å²) in [6, 6.07) is 2.71. The van der Waals surface area contributed by atoms with Crippen LogP contribution < -0.4 is 5.32 Å². The molecule has 1 aliphatic rings. The van der Waals surface area contributed by atoms with Crippen molar-refractivity contribution in [3.05, 3.63) is 29.2 Å². The predicted octanol–water partition coefficient (Wildman–Crippen LogP) is 3.44. The molecule has 0 bridgehead atoms. The highest BCUT2D eigenvalue weighted by Gasteiger charge is 2.18. The lowest BCUT2D eigenvalue weighted by Crippen LogP contribution is -2.07. The van der Waals surface area contributed by atoms with Gasteiger partial charge in [-0.25, -0.2) is 4.68 Å². The monoisotopic (exact) mass is 287 g/mol. The van der Waals surface area contributed by atoms with Crippen LogP contribution in [0.1, 0.15) is 55.6 Å². The highest BCUT2D eigenvalue weighted by Crippen LogP contribution is 2.29. The van der Waals surface area contributed by atoms with E-state index in [1.165, 1.54) is 31.2 Å². The molecule has 0 spiro atoms. The zero-order chi connectivity index (χ0) is 14.8. The maximum atomic E-state index is 4.71. The molecule has 0 saturated heterocycles. The number of aryl methyl sites for hydroxylation is 3. The van der Waals surface area contributed by atoms with Crippen LogP contribution in [0.4, 0.5) is 5.82 Å². The summed E-state index contributed by atoms with van der Waals surface area (Å²) in [6.07, 6.45) is 7.45. The Balaban J connectivity index is 1.70. The predicted molar refractivity (Wildman–Crippen MR) is 84.4 cm³/mol. The minimum absolute atomic E-state index is 0.612. The van der Waals surface area contributed by atoms with Gasteiger partial charge in [-0.1, -0.05) is 12.8 Å². The first-order chi connectivity index (χ1) is 10.2. The van der Waals surface area contributed by atoms with Crippen molar-refractivity contribution in [1.29, 1.82) is 0 Å². The van der Waals surface area contributed by atoms with E-state index in [0.29, 0.717) is 6.04 Å². The van der Waals surface area contributed by atoms with Gasteiger partial charge in [0.25, 0.3) is 0 Å². The van der Waals surface area contributed by atoms with E-state index in [2.05, 4.69) is 41.2 Å². The molecule has 0 amide bonds. The van der Waals surface area contributed by atoms with Gasteiger partial charge in [-0.2, -0.15) is 10.2 Å². The van der Waals surface area contributed by atoms with Gasteiger partial charge in [0.15, 0.2) is 0 Å². The number of anilines is 1. The molecule has 2 aromatic rings. The first-order valence-electron chi connectivity index (χ1n) is 8.00. The van der Waals surface area contributed by atoms with Gasteiger partial charge in [-0.3, -0.25) is 4.68 Å². The highest BCUT2D eigenvalue weighted by molar-refractivity contribution is 5.38. The Bertz CT molecular complexity index is 604. The topological polar surface area (TPSA) is 47.7 Å². The zero-order valence-corrected chi connectivity index (χ0v) is 13.3. The molecule has 0 unspecified atom stereocenters. The van der Waals surface area contributed by atoms with Gasteiger partial charge < -0.3 is 5.32 Å². The van der Waals surface area contributed by atoms with Gasteiger partial charge >= 0.3 is 0 Å². The van der Waals surface area contributed by atoms with E-state index in [0.717, 1.165) is 30.3 Å². The van der Waals surface area contributed by atoms with E-state index in [1.807, 2.05) is 11.6 Å². The van der Waals surface area contributed by atoms with Crippen molar-refractivity contribution in [3.8, 4) is 0 Å². The first-order valence-corrected chi connectivity index (χ1v) is 8.00. The fraction of sp³-hybridized carbons (Fsp3) is 0.625. The molecule has 1 aliphatic carbocycles. The van der Waals surface area contributed by atoms with Gasteiger partial charge in [0, 0.05) is 30.9 Å². The van der Waals surface area contributed by atoms with Crippen LogP contribution in [0.5, 0.6) is 0 Å². The lowest BCUT2D eigenvalue weighted by Gasteiger charge is -2.09. The van der Waals surface area contributed by atoms with Gasteiger partial charge in [-0.15, -0.1) is 0 Å². The Morgan fingerprint density at radius 1 is 1.24 bits per heavy atom. The lowest BCUT2D eigenvalue weighted by molar-refractivity contribution is 0.464. The number of nitrogens with one attached hydrogen (secondary N) is 1. The van der Waals surface area contributed by atoms with Gasteiger partial charge in [0.2, 0.25) is 0 Å². The largest absolute Gasteiger partial charge is 0.366 e. The summed E-state index contributed by atoms with van der Waals surface area (Å²) in [7, 11) is 0. The maximum Gasteiger partial charge on any atom is 0.124 e. The Kier molecular flexibility index (Phi) is 3.99. The molecule has 0 radical (unpaired) electrons. The van der Waals surface area contributed by atoms with Gasteiger partial charge in [0.1, 0.15) is 5.82 Å². The van der Waals surface area contributed by atoms with Crippen LogP contribution in [-0.4, -0.2) is 19.6 Å². The Labute approximate surface area is 126 Å². The minimum atomic E-state index is 0.612. The fourth-order valence-electron chi connectivity index (χ4n) is 3.16. The number of aromatic nitrogens is 4. The SMILES string of the molecule is CCn1nc(C)cc1NCc1cn(C2CCCC2)nc1C. The van der Waals surface area contributed by atoms with E-state index in [9.17, 15) is 0 Å². The van der Waals surface area contributed by atoms with E-state index < -0.39 is 0 Å². The second-order valence-electron chi connectivity index (χ2n) is 6.00. The van der Waals surface area contributed by atoms with Crippen molar-refractivity contribution in [2.24, 2.45) is 0 Å². The van der Waals surface area contributed by atoms with Crippen LogP contribution >= 0.6 is 0 Å². The quantitative estimate of drug-likeness (QED) is 0.916. The molecule has 1 saturated carbocycles. The fourth-order valence-corrected chi connectivity index (χ4v) is 3.16. The molecule has 1 N–H and O–H groups in total. The molecule has 21 heavy (non-hydrogen) atoms. The van der Waals surface area contributed by atoms with Crippen molar-refractivity contribution >= 4 is 5.82 Å². The zero-order valence-electron chi connectivity index (χ0n) is 13.3. The third-order valence-electron chi connectivity index (χ3n) is 4.38. The van der Waals surface area contributed by atoms with Crippen LogP contribution in [0.2, 0.25) is 0 Å². The molecular weight excluding hydrogens is 262 g/mol. The average molecular weight is 287 g/mol. The summed E-state index contributed by atoms with van der Waals surface area (Å²) in [5, 5.41) is 12.7. The smallest absolute Gasteiger partial charge is 0.124 e. The molecule has 114 valence electrons. The average Bonchev–Trinajstić information content (AvgIpc) is 3.16. The van der Waals surface area contributed by atoms with Crippen molar-refractivity contribution in [2.75, 3.05) is 5.32 Å². The molecule has 2 heterocycles. The van der Waals surface area contributed by atoms with Crippen LogP contribution in [0.3, 0.4) is 0 Å². The van der Waals surface area contributed by atoms with Crippen molar-refractivity contribution in [2.45, 2.75) is 65.6 Å². The Morgan fingerprint density at radius 3 is 2.71 bits per heavy atom. The number of hydrogen-bond acceptors (Lipinski definition) is 3. The summed E-state index contributed by atoms with van der Waals surface area (Å²) in [5.74, 6) is 1.09. The van der Waals surface area contributed by atoms with E-state index in [4.69, 9.17) is 5.10 Å². The standard InChI is InChI=1S/C16H25N5/c1-4-20-16(9-12(2)18-20)17-10-14-11-21(19-13(14)3)15-7-5-6-8-15/h9,11,15,17H,4-8,10H2,1-3H3. The van der Waals surface area contributed by atoms with Crippen LogP contribution in [0.25, 0.3) is 0 Å². The molecule has 1 fully saturated rings. The second-order valence-corrected chi connectivity index (χ2v) is 6.00. The lowest BCUT2D eigenvalue weighted by atomic mass is 10.2. The van der Waals surface area contributed by atoms with E-state index in [1.54, 1.807) is 0 Å². The summed E-state index contributed by atoms with van der Waals surface area (Å²) >= 11 is 0. The van der Waals surface area contributed by atoms with Crippen LogP contribution in [-0.2, 0) is 13.1 Å². The molecule has 0 aliphatic heterocycles. The number of rotatable bonds is 5. The summed E-state index contributed by atoms with van der Waals surface area (Å²) in [4.78, 5) is 0. The molecule has 0 atom stereocenters. The minimum Gasteiger partial charge on any atom is -0.366 e. The molecule has 5 nitrogen and oxygen atoms in total. The summed E-state index contributed by atoms with van der Waals surface area (Å²) in [5.41, 5.74) is 3.47. The molecule has 2 aromatic heterocycles. The second kappa shape index (κ2) is 5.92. The molecule has 3 rings (SSSR count). The van der Waals surface area contributed by atoms with E-state index >= 15 is 0 Å². The summed E-state index contributed by atoms with van der Waals surface area (Å²) < 4.78 is 4.19. The Hall–Kier alpha value is -1.78. The van der Waals surface area contributed by atoms with E-state index in [-0.39, 0.29) is 0 Å². The highest BCUT2D eigenvalue weighted by atomic mass is 15.3. The van der Waals surface area contributed by atoms with Crippen molar-refractivity contribution in [3.63, 3.8) is 0 Å². The van der Waals surface area contributed by atoms with Gasteiger partial charge in [-0.05, 0) is 33.6 Å². The van der Waals surface area contributed by atoms with Crippen molar-refractivity contribution in [1.82, 2.24) is 19.6 Å². The first kappa shape index (κ1) is 14.2. The summed E-state index contributed by atoms with van der Waals surface area (Å²) in [6.45, 7) is 7.94.